The Labute approximate surface area is 101 Å². The third-order valence-electron chi connectivity index (χ3n) is 3.96. The molecule has 2 heteroatoms. The number of hydrogen-bond acceptors (Lipinski definition) is 2. The SMILES string of the molecule is CCC1CCCC(NC(COC)C(C)C)C1. The lowest BCUT2D eigenvalue weighted by atomic mass is 9.83. The Morgan fingerprint density at radius 3 is 2.62 bits per heavy atom. The fraction of sp³-hybridized carbons (Fsp3) is 1.00. The summed E-state index contributed by atoms with van der Waals surface area (Å²) in [7, 11) is 1.80. The summed E-state index contributed by atoms with van der Waals surface area (Å²) in [6, 6.07) is 1.24. The quantitative estimate of drug-likeness (QED) is 0.752. The molecule has 0 saturated heterocycles. The van der Waals surface area contributed by atoms with E-state index in [0.717, 1.165) is 18.6 Å². The number of nitrogens with one attached hydrogen (secondary N) is 1. The van der Waals surface area contributed by atoms with E-state index in [0.29, 0.717) is 12.0 Å². The van der Waals surface area contributed by atoms with Crippen LogP contribution >= 0.6 is 0 Å². The van der Waals surface area contributed by atoms with E-state index >= 15 is 0 Å². The predicted octanol–water partition coefficient (Wildman–Crippen LogP) is 3.22. The summed E-state index contributed by atoms with van der Waals surface area (Å²) in [6.07, 6.45) is 6.89. The summed E-state index contributed by atoms with van der Waals surface area (Å²) < 4.78 is 5.30. The Morgan fingerprint density at radius 1 is 1.31 bits per heavy atom. The van der Waals surface area contributed by atoms with Gasteiger partial charge >= 0.3 is 0 Å². The van der Waals surface area contributed by atoms with Gasteiger partial charge < -0.3 is 10.1 Å². The van der Waals surface area contributed by atoms with Crippen LogP contribution in [0.25, 0.3) is 0 Å². The van der Waals surface area contributed by atoms with Gasteiger partial charge in [-0.3, -0.25) is 0 Å². The molecule has 0 aromatic carbocycles. The summed E-state index contributed by atoms with van der Waals surface area (Å²) >= 11 is 0. The lowest BCUT2D eigenvalue weighted by molar-refractivity contribution is 0.130. The lowest BCUT2D eigenvalue weighted by Crippen LogP contribution is -2.46. The fourth-order valence-corrected chi connectivity index (χ4v) is 2.73. The van der Waals surface area contributed by atoms with Crippen LogP contribution in [0.15, 0.2) is 0 Å². The van der Waals surface area contributed by atoms with Crippen LogP contribution in [-0.2, 0) is 4.74 Å². The highest BCUT2D eigenvalue weighted by molar-refractivity contribution is 4.82. The largest absolute Gasteiger partial charge is 0.383 e. The van der Waals surface area contributed by atoms with Crippen LogP contribution < -0.4 is 5.32 Å². The highest BCUT2D eigenvalue weighted by atomic mass is 16.5. The van der Waals surface area contributed by atoms with Crippen molar-refractivity contribution in [2.45, 2.75) is 65.0 Å². The van der Waals surface area contributed by atoms with E-state index in [-0.39, 0.29) is 0 Å². The van der Waals surface area contributed by atoms with Crippen molar-refractivity contribution in [1.29, 1.82) is 0 Å². The van der Waals surface area contributed by atoms with Gasteiger partial charge in [0, 0.05) is 19.2 Å². The van der Waals surface area contributed by atoms with E-state index in [1.807, 2.05) is 0 Å². The van der Waals surface area contributed by atoms with Crippen LogP contribution in [0, 0.1) is 11.8 Å². The first-order chi connectivity index (χ1) is 7.67. The molecule has 1 rings (SSSR count). The molecule has 0 aromatic rings. The number of hydrogen-bond donors (Lipinski definition) is 1. The molecule has 16 heavy (non-hydrogen) atoms. The maximum Gasteiger partial charge on any atom is 0.0618 e. The third-order valence-corrected chi connectivity index (χ3v) is 3.96. The minimum absolute atomic E-state index is 0.519. The highest BCUT2D eigenvalue weighted by Crippen LogP contribution is 2.27. The second-order valence-corrected chi connectivity index (χ2v) is 5.61. The molecule has 0 bridgehead atoms. The van der Waals surface area contributed by atoms with Gasteiger partial charge in [0.25, 0.3) is 0 Å². The molecule has 0 heterocycles. The van der Waals surface area contributed by atoms with Gasteiger partial charge in [-0.1, -0.05) is 40.0 Å². The van der Waals surface area contributed by atoms with E-state index in [9.17, 15) is 0 Å². The van der Waals surface area contributed by atoms with E-state index in [2.05, 4.69) is 26.1 Å². The van der Waals surface area contributed by atoms with Gasteiger partial charge in [-0.2, -0.15) is 0 Å². The first kappa shape index (κ1) is 14.0. The minimum Gasteiger partial charge on any atom is -0.383 e. The first-order valence-electron chi connectivity index (χ1n) is 6.92. The van der Waals surface area contributed by atoms with Crippen molar-refractivity contribution in [3.63, 3.8) is 0 Å². The maximum absolute atomic E-state index is 5.30. The topological polar surface area (TPSA) is 21.3 Å². The van der Waals surface area contributed by atoms with Crippen molar-refractivity contribution in [1.82, 2.24) is 5.32 Å². The lowest BCUT2D eigenvalue weighted by Gasteiger charge is -2.33. The Hall–Kier alpha value is -0.0800. The average molecular weight is 227 g/mol. The standard InChI is InChI=1S/C14H29NO/c1-5-12-7-6-8-13(9-12)15-14(10-16-4)11(2)3/h11-15H,5-10H2,1-4H3. The normalized spacial score (nSPS) is 28.3. The van der Waals surface area contributed by atoms with Gasteiger partial charge in [-0.25, -0.2) is 0 Å². The number of rotatable bonds is 6. The van der Waals surface area contributed by atoms with Crippen molar-refractivity contribution in [2.75, 3.05) is 13.7 Å². The van der Waals surface area contributed by atoms with Crippen molar-refractivity contribution >= 4 is 0 Å². The van der Waals surface area contributed by atoms with Crippen LogP contribution in [0.1, 0.15) is 52.9 Å². The zero-order valence-electron chi connectivity index (χ0n) is 11.5. The molecule has 1 aliphatic rings. The van der Waals surface area contributed by atoms with Gasteiger partial charge in [0.1, 0.15) is 0 Å². The van der Waals surface area contributed by atoms with Gasteiger partial charge in [0.05, 0.1) is 6.61 Å². The highest BCUT2D eigenvalue weighted by Gasteiger charge is 2.24. The van der Waals surface area contributed by atoms with Crippen molar-refractivity contribution in [3.05, 3.63) is 0 Å². The molecule has 1 N–H and O–H groups in total. The van der Waals surface area contributed by atoms with Crippen LogP contribution in [-0.4, -0.2) is 25.8 Å². The summed E-state index contributed by atoms with van der Waals surface area (Å²) in [5.74, 6) is 1.60. The van der Waals surface area contributed by atoms with Crippen LogP contribution in [0.5, 0.6) is 0 Å². The molecule has 2 nitrogen and oxygen atoms in total. The molecule has 0 aromatic heterocycles. The van der Waals surface area contributed by atoms with Gasteiger partial charge in [-0.15, -0.1) is 0 Å². The molecular weight excluding hydrogens is 198 g/mol. The Kier molecular flexibility index (Phi) is 6.37. The second kappa shape index (κ2) is 7.29. The van der Waals surface area contributed by atoms with Crippen LogP contribution in [0.4, 0.5) is 0 Å². The molecule has 0 amide bonds. The molecule has 0 spiro atoms. The molecule has 3 atom stereocenters. The molecule has 1 fully saturated rings. The molecule has 0 aliphatic heterocycles. The summed E-state index contributed by atoms with van der Waals surface area (Å²) in [5, 5.41) is 3.80. The second-order valence-electron chi connectivity index (χ2n) is 5.61. The number of methoxy groups -OCH3 is 1. The molecule has 1 aliphatic carbocycles. The summed E-state index contributed by atoms with van der Waals surface area (Å²) in [5.41, 5.74) is 0. The zero-order valence-corrected chi connectivity index (χ0v) is 11.5. The minimum atomic E-state index is 0.519. The third kappa shape index (κ3) is 4.42. The first-order valence-corrected chi connectivity index (χ1v) is 6.92. The molecule has 96 valence electrons. The summed E-state index contributed by atoms with van der Waals surface area (Å²) in [4.78, 5) is 0. The Balaban J connectivity index is 2.38. The summed E-state index contributed by atoms with van der Waals surface area (Å²) in [6.45, 7) is 7.71. The van der Waals surface area contributed by atoms with E-state index in [4.69, 9.17) is 4.74 Å². The maximum atomic E-state index is 5.30. The van der Waals surface area contributed by atoms with Crippen LogP contribution in [0.3, 0.4) is 0 Å². The fourth-order valence-electron chi connectivity index (χ4n) is 2.73. The molecule has 1 saturated carbocycles. The Morgan fingerprint density at radius 2 is 2.06 bits per heavy atom. The predicted molar refractivity (Wildman–Crippen MR) is 69.7 cm³/mol. The van der Waals surface area contributed by atoms with Gasteiger partial charge in [0.2, 0.25) is 0 Å². The average Bonchev–Trinajstić information content (AvgIpc) is 2.28. The van der Waals surface area contributed by atoms with Gasteiger partial charge in [0.15, 0.2) is 0 Å². The smallest absolute Gasteiger partial charge is 0.0618 e. The monoisotopic (exact) mass is 227 g/mol. The van der Waals surface area contributed by atoms with E-state index < -0.39 is 0 Å². The van der Waals surface area contributed by atoms with E-state index in [1.165, 1.54) is 32.1 Å². The van der Waals surface area contributed by atoms with Crippen molar-refractivity contribution < 1.29 is 4.74 Å². The zero-order chi connectivity index (χ0) is 12.0. The molecular formula is C14H29NO. The van der Waals surface area contributed by atoms with E-state index in [1.54, 1.807) is 7.11 Å². The van der Waals surface area contributed by atoms with Gasteiger partial charge in [-0.05, 0) is 24.7 Å². The van der Waals surface area contributed by atoms with Crippen molar-refractivity contribution in [2.24, 2.45) is 11.8 Å². The van der Waals surface area contributed by atoms with Crippen molar-refractivity contribution in [3.8, 4) is 0 Å². The Bertz CT molecular complexity index is 182. The van der Waals surface area contributed by atoms with Crippen LogP contribution in [0.2, 0.25) is 0 Å². The molecule has 0 radical (unpaired) electrons. The number of ether oxygens (including phenoxy) is 1. The molecule has 3 unspecified atom stereocenters.